The van der Waals surface area contributed by atoms with Crippen LogP contribution in [0.25, 0.3) is 0 Å². The predicted octanol–water partition coefficient (Wildman–Crippen LogP) is 3.06. The van der Waals surface area contributed by atoms with Crippen molar-refractivity contribution in [1.29, 1.82) is 0 Å². The second-order valence-electron chi connectivity index (χ2n) is 3.03. The van der Waals surface area contributed by atoms with E-state index in [2.05, 4.69) is 4.98 Å². The molecule has 16 heavy (non-hydrogen) atoms. The van der Waals surface area contributed by atoms with Crippen molar-refractivity contribution in [2.45, 2.75) is 0 Å². The van der Waals surface area contributed by atoms with Crippen molar-refractivity contribution in [3.05, 3.63) is 45.9 Å². The van der Waals surface area contributed by atoms with Crippen molar-refractivity contribution in [3.8, 4) is 5.75 Å². The molecule has 0 spiro atoms. The third-order valence-corrected chi connectivity index (χ3v) is 2.96. The van der Waals surface area contributed by atoms with Crippen LogP contribution in [0.4, 0.5) is 0 Å². The minimum atomic E-state index is -0.0463. The number of rotatable bonds is 4. The summed E-state index contributed by atoms with van der Waals surface area (Å²) in [5.41, 5.74) is 0. The highest BCUT2D eigenvalue weighted by Gasteiger charge is 2.07. The lowest BCUT2D eigenvalue weighted by Gasteiger charge is -2.03. The molecule has 0 N–H and O–H groups in total. The van der Waals surface area contributed by atoms with Crippen molar-refractivity contribution < 1.29 is 9.53 Å². The zero-order chi connectivity index (χ0) is 11.4. The first-order chi connectivity index (χ1) is 7.75. The van der Waals surface area contributed by atoms with Gasteiger partial charge in [-0.15, -0.1) is 11.3 Å². The summed E-state index contributed by atoms with van der Waals surface area (Å²) in [4.78, 5) is 16.1. The quantitative estimate of drug-likeness (QED) is 0.786. The number of hydrogen-bond acceptors (Lipinski definition) is 4. The number of aromatic nitrogens is 1. The highest BCUT2D eigenvalue weighted by molar-refractivity contribution is 7.12. The lowest BCUT2D eigenvalue weighted by atomic mass is 10.3. The minimum Gasteiger partial charge on any atom is -0.484 e. The maximum absolute atomic E-state index is 11.6. The molecule has 2 rings (SSSR count). The van der Waals surface area contributed by atoms with Gasteiger partial charge in [-0.1, -0.05) is 17.7 Å². The van der Waals surface area contributed by atoms with E-state index < -0.39 is 0 Å². The number of pyridine rings is 1. The van der Waals surface area contributed by atoms with Crippen LogP contribution in [0.2, 0.25) is 5.02 Å². The first kappa shape index (κ1) is 11.1. The smallest absolute Gasteiger partial charge is 0.210 e. The van der Waals surface area contributed by atoms with Crippen LogP contribution in [-0.2, 0) is 0 Å². The normalized spacial score (nSPS) is 10.1. The average Bonchev–Trinajstić information content (AvgIpc) is 2.79. The Balaban J connectivity index is 1.95. The van der Waals surface area contributed by atoms with Gasteiger partial charge < -0.3 is 4.74 Å². The van der Waals surface area contributed by atoms with Crippen LogP contribution in [0, 0.1) is 0 Å². The summed E-state index contributed by atoms with van der Waals surface area (Å²) in [6.45, 7) is 0.00252. The number of ketones is 1. The second-order valence-corrected chi connectivity index (χ2v) is 4.41. The molecule has 5 heteroatoms. The van der Waals surface area contributed by atoms with E-state index in [9.17, 15) is 4.79 Å². The van der Waals surface area contributed by atoms with Gasteiger partial charge >= 0.3 is 0 Å². The van der Waals surface area contributed by atoms with E-state index in [0.717, 1.165) is 0 Å². The Hall–Kier alpha value is -1.39. The Kier molecular flexibility index (Phi) is 3.54. The molecule has 0 amide bonds. The van der Waals surface area contributed by atoms with Gasteiger partial charge in [0.15, 0.2) is 6.61 Å². The third kappa shape index (κ3) is 2.81. The van der Waals surface area contributed by atoms with Crippen LogP contribution in [0.3, 0.4) is 0 Å². The molecule has 0 unspecified atom stereocenters. The first-order valence-corrected chi connectivity index (χ1v) is 5.81. The lowest BCUT2D eigenvalue weighted by molar-refractivity contribution is 0.0925. The van der Waals surface area contributed by atoms with Crippen molar-refractivity contribution in [2.75, 3.05) is 6.61 Å². The van der Waals surface area contributed by atoms with E-state index in [1.54, 1.807) is 12.1 Å². The number of hydrogen-bond donors (Lipinski definition) is 0. The number of ether oxygens (including phenoxy) is 1. The van der Waals surface area contributed by atoms with Crippen molar-refractivity contribution in [3.63, 3.8) is 0 Å². The Bertz CT molecular complexity index is 484. The maximum atomic E-state index is 11.6. The van der Waals surface area contributed by atoms with E-state index in [4.69, 9.17) is 16.3 Å². The Morgan fingerprint density at radius 3 is 3.06 bits per heavy atom. The fraction of sp³-hybridized carbons (Fsp3) is 0.0909. The zero-order valence-corrected chi connectivity index (χ0v) is 9.79. The van der Waals surface area contributed by atoms with Gasteiger partial charge in [0.2, 0.25) is 5.78 Å². The SMILES string of the molecule is O=C(COc1cncc(Cl)c1)c1cccs1. The summed E-state index contributed by atoms with van der Waals surface area (Å²) in [5, 5.41) is 2.34. The Morgan fingerprint density at radius 1 is 1.50 bits per heavy atom. The molecule has 0 aliphatic rings. The summed E-state index contributed by atoms with van der Waals surface area (Å²) in [7, 11) is 0. The average molecular weight is 254 g/mol. The molecule has 0 fully saturated rings. The summed E-state index contributed by atoms with van der Waals surface area (Å²) in [6.07, 6.45) is 3.03. The van der Waals surface area contributed by atoms with Crippen LogP contribution in [0.15, 0.2) is 36.0 Å². The third-order valence-electron chi connectivity index (χ3n) is 1.85. The van der Waals surface area contributed by atoms with Crippen LogP contribution in [0.1, 0.15) is 9.67 Å². The molecule has 0 aliphatic carbocycles. The van der Waals surface area contributed by atoms with Gasteiger partial charge in [0.1, 0.15) is 5.75 Å². The molecule has 2 aromatic heterocycles. The van der Waals surface area contributed by atoms with E-state index in [1.165, 1.54) is 23.7 Å². The second kappa shape index (κ2) is 5.09. The van der Waals surface area contributed by atoms with E-state index >= 15 is 0 Å². The molecule has 0 radical (unpaired) electrons. The fourth-order valence-corrected chi connectivity index (χ4v) is 1.94. The fourth-order valence-electron chi connectivity index (χ4n) is 1.13. The molecular formula is C11H8ClNO2S. The van der Waals surface area contributed by atoms with Gasteiger partial charge in [0.25, 0.3) is 0 Å². The summed E-state index contributed by atoms with van der Waals surface area (Å²) in [6, 6.07) is 5.22. The monoisotopic (exact) mass is 253 g/mol. The first-order valence-electron chi connectivity index (χ1n) is 4.56. The van der Waals surface area contributed by atoms with Crippen molar-refractivity contribution in [1.82, 2.24) is 4.98 Å². The number of halogens is 1. The molecule has 82 valence electrons. The molecule has 2 aromatic rings. The molecule has 0 bridgehead atoms. The van der Waals surface area contributed by atoms with E-state index in [1.807, 2.05) is 11.4 Å². The number of carbonyl (C=O) groups excluding carboxylic acids is 1. The molecule has 2 heterocycles. The molecule has 0 saturated heterocycles. The molecule has 0 saturated carbocycles. The summed E-state index contributed by atoms with van der Waals surface area (Å²) < 4.78 is 5.28. The number of Topliss-reactive ketones (excluding diaryl/α,β-unsaturated/α-hetero) is 1. The standard InChI is InChI=1S/C11H8ClNO2S/c12-8-4-9(6-13-5-8)15-7-10(14)11-2-1-3-16-11/h1-6H,7H2. The minimum absolute atomic E-state index is 0.00252. The molecule has 0 aliphatic heterocycles. The number of thiophene rings is 1. The van der Waals surface area contributed by atoms with Crippen molar-refractivity contribution >= 4 is 28.7 Å². The Morgan fingerprint density at radius 2 is 2.38 bits per heavy atom. The van der Waals surface area contributed by atoms with E-state index in [0.29, 0.717) is 15.6 Å². The number of nitrogens with zero attached hydrogens (tertiary/aromatic N) is 1. The van der Waals surface area contributed by atoms with Crippen LogP contribution >= 0.6 is 22.9 Å². The van der Waals surface area contributed by atoms with Gasteiger partial charge in [-0.2, -0.15) is 0 Å². The topological polar surface area (TPSA) is 39.2 Å². The number of carbonyl (C=O) groups is 1. The molecule has 3 nitrogen and oxygen atoms in total. The summed E-state index contributed by atoms with van der Waals surface area (Å²) in [5.74, 6) is 0.451. The zero-order valence-electron chi connectivity index (χ0n) is 8.22. The highest BCUT2D eigenvalue weighted by Crippen LogP contribution is 2.16. The molecule has 0 aromatic carbocycles. The van der Waals surface area contributed by atoms with Gasteiger partial charge in [-0.3, -0.25) is 9.78 Å². The molecule has 0 atom stereocenters. The maximum Gasteiger partial charge on any atom is 0.210 e. The largest absolute Gasteiger partial charge is 0.484 e. The van der Waals surface area contributed by atoms with Gasteiger partial charge in [0.05, 0.1) is 16.1 Å². The van der Waals surface area contributed by atoms with Crippen LogP contribution < -0.4 is 4.74 Å². The van der Waals surface area contributed by atoms with Gasteiger partial charge in [-0.25, -0.2) is 0 Å². The van der Waals surface area contributed by atoms with Gasteiger partial charge in [0, 0.05) is 12.3 Å². The molecular weight excluding hydrogens is 246 g/mol. The summed E-state index contributed by atoms with van der Waals surface area (Å²) >= 11 is 7.13. The van der Waals surface area contributed by atoms with Crippen LogP contribution in [-0.4, -0.2) is 17.4 Å². The van der Waals surface area contributed by atoms with Crippen LogP contribution in [0.5, 0.6) is 5.75 Å². The van der Waals surface area contributed by atoms with Gasteiger partial charge in [-0.05, 0) is 11.4 Å². The van der Waals surface area contributed by atoms with E-state index in [-0.39, 0.29) is 12.4 Å². The Labute approximate surface area is 102 Å². The van der Waals surface area contributed by atoms with Crippen molar-refractivity contribution in [2.24, 2.45) is 0 Å². The highest BCUT2D eigenvalue weighted by atomic mass is 35.5. The predicted molar refractivity (Wildman–Crippen MR) is 63.4 cm³/mol. The lowest BCUT2D eigenvalue weighted by Crippen LogP contribution is -2.10.